The number of alkyl halides is 2. The molecule has 0 radical (unpaired) electrons. The van der Waals surface area contributed by atoms with Crippen LogP contribution in [0.15, 0.2) is 47.4 Å². The topological polar surface area (TPSA) is 103 Å². The molecule has 0 spiro atoms. The van der Waals surface area contributed by atoms with Crippen molar-refractivity contribution in [3.63, 3.8) is 0 Å². The van der Waals surface area contributed by atoms with Crippen molar-refractivity contribution in [2.75, 3.05) is 13.7 Å². The highest BCUT2D eigenvalue weighted by atomic mass is 32.2. The van der Waals surface area contributed by atoms with E-state index in [1.807, 2.05) is 10.3 Å². The number of carbonyl (C=O) groups excluding carboxylic acids is 1. The van der Waals surface area contributed by atoms with Gasteiger partial charge in [-0.15, -0.1) is 4.83 Å². The number of methoxy groups -OCH3 is 1. The number of sulfonamides is 1. The molecule has 0 saturated carbocycles. The van der Waals surface area contributed by atoms with Crippen molar-refractivity contribution in [1.29, 1.82) is 0 Å². The zero-order valence-corrected chi connectivity index (χ0v) is 15.8. The van der Waals surface area contributed by atoms with E-state index in [1.54, 1.807) is 6.92 Å². The summed E-state index contributed by atoms with van der Waals surface area (Å²) in [5, 5.41) is 0. The quantitative estimate of drug-likeness (QED) is 0.608. The van der Waals surface area contributed by atoms with Crippen molar-refractivity contribution in [3.05, 3.63) is 48.0 Å². The van der Waals surface area contributed by atoms with Gasteiger partial charge < -0.3 is 14.2 Å². The summed E-state index contributed by atoms with van der Waals surface area (Å²) in [4.78, 5) is 14.0. The van der Waals surface area contributed by atoms with Gasteiger partial charge >= 0.3 is 6.61 Å². The molecule has 152 valence electrons. The minimum absolute atomic E-state index is 0.0344. The molecule has 11 heteroatoms. The number of carbonyl (C=O) groups is 1. The lowest BCUT2D eigenvalue weighted by Crippen LogP contribution is -2.41. The molecule has 0 aliphatic heterocycles. The second-order valence-electron chi connectivity index (χ2n) is 5.21. The Morgan fingerprint density at radius 3 is 2.36 bits per heavy atom. The Labute approximate surface area is 160 Å². The molecular weight excluding hydrogens is 398 g/mol. The Balaban J connectivity index is 2.08. The van der Waals surface area contributed by atoms with Crippen molar-refractivity contribution in [1.82, 2.24) is 10.3 Å². The smallest absolute Gasteiger partial charge is 0.387 e. The van der Waals surface area contributed by atoms with Gasteiger partial charge in [0.15, 0.2) is 11.5 Å². The number of hydrogen-bond donors (Lipinski definition) is 2. The second kappa shape index (κ2) is 9.33. The van der Waals surface area contributed by atoms with Gasteiger partial charge in [0.25, 0.3) is 15.9 Å². The number of nitrogens with one attached hydrogen (secondary N) is 2. The van der Waals surface area contributed by atoms with Crippen LogP contribution in [0.5, 0.6) is 17.2 Å². The van der Waals surface area contributed by atoms with Gasteiger partial charge in [-0.2, -0.15) is 8.78 Å². The molecule has 0 bridgehead atoms. The van der Waals surface area contributed by atoms with E-state index < -0.39 is 22.5 Å². The van der Waals surface area contributed by atoms with Gasteiger partial charge in [0.1, 0.15) is 5.75 Å². The molecule has 0 aromatic heterocycles. The molecule has 2 aromatic carbocycles. The maximum atomic E-state index is 12.3. The van der Waals surface area contributed by atoms with Crippen LogP contribution in [0.4, 0.5) is 8.78 Å². The van der Waals surface area contributed by atoms with Gasteiger partial charge in [-0.25, -0.2) is 8.42 Å². The SMILES string of the molecule is CCOc1ccc(S(=O)(=O)NNC(=O)c2ccc(OC(F)F)c(OC)c2)cc1. The fraction of sp³-hybridized carbons (Fsp3) is 0.235. The minimum atomic E-state index is -4.03. The zero-order chi connectivity index (χ0) is 20.7. The van der Waals surface area contributed by atoms with Crippen molar-refractivity contribution < 1.29 is 36.2 Å². The van der Waals surface area contributed by atoms with Crippen LogP contribution in [-0.2, 0) is 10.0 Å². The number of ether oxygens (including phenoxy) is 3. The summed E-state index contributed by atoms with van der Waals surface area (Å²) in [6.45, 7) is -0.831. The summed E-state index contributed by atoms with van der Waals surface area (Å²) in [7, 11) is -2.82. The third-order valence-corrected chi connectivity index (χ3v) is 4.65. The monoisotopic (exact) mass is 416 g/mol. The van der Waals surface area contributed by atoms with Crippen molar-refractivity contribution >= 4 is 15.9 Å². The Bertz CT molecular complexity index is 920. The maximum Gasteiger partial charge on any atom is 0.387 e. The molecule has 2 aromatic rings. The van der Waals surface area contributed by atoms with Crippen LogP contribution in [0.1, 0.15) is 17.3 Å². The molecule has 1 amide bonds. The van der Waals surface area contributed by atoms with Gasteiger partial charge in [-0.3, -0.25) is 10.2 Å². The molecule has 0 atom stereocenters. The largest absolute Gasteiger partial charge is 0.494 e. The average Bonchev–Trinajstić information content (AvgIpc) is 2.67. The Kier molecular flexibility index (Phi) is 7.12. The van der Waals surface area contributed by atoms with Crippen LogP contribution in [-0.4, -0.2) is 34.7 Å². The zero-order valence-electron chi connectivity index (χ0n) is 14.9. The first-order chi connectivity index (χ1) is 13.3. The first kappa shape index (κ1) is 21.4. The molecule has 0 unspecified atom stereocenters. The molecule has 0 aliphatic carbocycles. The first-order valence-electron chi connectivity index (χ1n) is 7.94. The minimum Gasteiger partial charge on any atom is -0.494 e. The second-order valence-corrected chi connectivity index (χ2v) is 6.89. The number of halogens is 2. The van der Waals surface area contributed by atoms with Crippen LogP contribution in [0.25, 0.3) is 0 Å². The van der Waals surface area contributed by atoms with E-state index in [9.17, 15) is 22.0 Å². The fourth-order valence-electron chi connectivity index (χ4n) is 2.13. The van der Waals surface area contributed by atoms with Gasteiger partial charge in [-0.1, -0.05) is 0 Å². The molecule has 2 rings (SSSR count). The third-order valence-electron chi connectivity index (χ3n) is 3.39. The highest BCUT2D eigenvalue weighted by Gasteiger charge is 2.18. The summed E-state index contributed by atoms with van der Waals surface area (Å²) in [6.07, 6.45) is 0. The van der Waals surface area contributed by atoms with E-state index in [1.165, 1.54) is 37.4 Å². The molecule has 0 saturated heterocycles. The van der Waals surface area contributed by atoms with Crippen LogP contribution < -0.4 is 24.5 Å². The highest BCUT2D eigenvalue weighted by molar-refractivity contribution is 7.89. The lowest BCUT2D eigenvalue weighted by atomic mass is 10.2. The third kappa shape index (κ3) is 5.54. The van der Waals surface area contributed by atoms with Crippen LogP contribution in [0.3, 0.4) is 0 Å². The molecule has 0 heterocycles. The normalized spacial score (nSPS) is 11.2. The van der Waals surface area contributed by atoms with Gasteiger partial charge in [-0.05, 0) is 49.4 Å². The number of hydrazine groups is 1. The van der Waals surface area contributed by atoms with E-state index in [0.29, 0.717) is 12.4 Å². The summed E-state index contributed by atoms with van der Waals surface area (Å²) in [5.74, 6) is -0.688. The fourth-order valence-corrected chi connectivity index (χ4v) is 2.97. The van der Waals surface area contributed by atoms with E-state index in [2.05, 4.69) is 4.74 Å². The highest BCUT2D eigenvalue weighted by Crippen LogP contribution is 2.29. The van der Waals surface area contributed by atoms with Crippen molar-refractivity contribution in [2.24, 2.45) is 0 Å². The molecule has 2 N–H and O–H groups in total. The number of benzene rings is 2. The Morgan fingerprint density at radius 1 is 1.11 bits per heavy atom. The van der Waals surface area contributed by atoms with Gasteiger partial charge in [0.2, 0.25) is 0 Å². The van der Waals surface area contributed by atoms with E-state index >= 15 is 0 Å². The molecular formula is C17H18F2N2O6S. The lowest BCUT2D eigenvalue weighted by molar-refractivity contribution is -0.0512. The van der Waals surface area contributed by atoms with E-state index in [0.717, 1.165) is 12.1 Å². The average molecular weight is 416 g/mol. The van der Waals surface area contributed by atoms with Crippen LogP contribution in [0.2, 0.25) is 0 Å². The molecule has 8 nitrogen and oxygen atoms in total. The summed E-state index contributed by atoms with van der Waals surface area (Å²) in [6, 6.07) is 9.02. The summed E-state index contributed by atoms with van der Waals surface area (Å²) >= 11 is 0. The van der Waals surface area contributed by atoms with Gasteiger partial charge in [0, 0.05) is 5.56 Å². The molecule has 0 aliphatic rings. The lowest BCUT2D eigenvalue weighted by Gasteiger charge is -2.12. The Hall–Kier alpha value is -2.92. The van der Waals surface area contributed by atoms with Crippen molar-refractivity contribution in [2.45, 2.75) is 18.4 Å². The summed E-state index contributed by atoms with van der Waals surface area (Å²) < 4.78 is 63.5. The van der Waals surface area contributed by atoms with Crippen LogP contribution in [0, 0.1) is 0 Å². The predicted molar refractivity (Wildman–Crippen MR) is 95.0 cm³/mol. The number of amides is 1. The maximum absolute atomic E-state index is 12.3. The van der Waals surface area contributed by atoms with E-state index in [4.69, 9.17) is 9.47 Å². The van der Waals surface area contributed by atoms with Crippen molar-refractivity contribution in [3.8, 4) is 17.2 Å². The standard InChI is InChI=1S/C17H18F2N2O6S/c1-3-26-12-5-7-13(8-6-12)28(23,24)21-20-16(22)11-4-9-14(27-17(18)19)15(10-11)25-2/h4-10,17,21H,3H2,1-2H3,(H,20,22). The van der Waals surface area contributed by atoms with Crippen LogP contribution >= 0.6 is 0 Å². The number of hydrogen-bond acceptors (Lipinski definition) is 6. The molecule has 28 heavy (non-hydrogen) atoms. The number of rotatable bonds is 9. The molecule has 0 fully saturated rings. The Morgan fingerprint density at radius 2 is 1.79 bits per heavy atom. The first-order valence-corrected chi connectivity index (χ1v) is 9.43. The summed E-state index contributed by atoms with van der Waals surface area (Å²) in [5.41, 5.74) is 2.00. The van der Waals surface area contributed by atoms with Gasteiger partial charge in [0.05, 0.1) is 18.6 Å². The predicted octanol–water partition coefficient (Wildman–Crippen LogP) is 2.32. The van der Waals surface area contributed by atoms with E-state index in [-0.39, 0.29) is 22.0 Å².